The molecule has 0 atom stereocenters. The number of carbonyl (C=O) groups is 1. The Morgan fingerprint density at radius 3 is 2.95 bits per heavy atom. The lowest BCUT2D eigenvalue weighted by Gasteiger charge is -2.11. The standard InChI is InChI=1S/C14H23N5O/c1-2-4-11-13(15)17-9-18-14(11)16-8-3-5-12(20)19-10-6-7-10/h9-10H,2-8H2,1H3,(H,19,20)(H3,15,16,17,18). The lowest BCUT2D eigenvalue weighted by atomic mass is 10.1. The van der Waals surface area contributed by atoms with Crippen LogP contribution in [0, 0.1) is 0 Å². The van der Waals surface area contributed by atoms with Gasteiger partial charge in [0.05, 0.1) is 0 Å². The number of hydrogen-bond acceptors (Lipinski definition) is 5. The zero-order valence-electron chi connectivity index (χ0n) is 12.0. The van der Waals surface area contributed by atoms with Gasteiger partial charge in [-0.2, -0.15) is 0 Å². The minimum Gasteiger partial charge on any atom is -0.383 e. The van der Waals surface area contributed by atoms with Crippen LogP contribution in [0.15, 0.2) is 6.33 Å². The Labute approximate surface area is 119 Å². The third-order valence-corrected chi connectivity index (χ3v) is 3.29. The van der Waals surface area contributed by atoms with Crippen molar-refractivity contribution >= 4 is 17.5 Å². The fraction of sp³-hybridized carbons (Fsp3) is 0.643. The third kappa shape index (κ3) is 4.36. The molecule has 6 heteroatoms. The fourth-order valence-corrected chi connectivity index (χ4v) is 2.06. The van der Waals surface area contributed by atoms with Crippen molar-refractivity contribution in [2.45, 2.75) is 51.5 Å². The Morgan fingerprint density at radius 1 is 1.45 bits per heavy atom. The van der Waals surface area contributed by atoms with E-state index in [1.54, 1.807) is 0 Å². The molecule has 0 aromatic carbocycles. The maximum Gasteiger partial charge on any atom is 0.220 e. The van der Waals surface area contributed by atoms with Crippen molar-refractivity contribution in [1.82, 2.24) is 15.3 Å². The average molecular weight is 277 g/mol. The number of aromatic nitrogens is 2. The number of nitrogen functional groups attached to an aromatic ring is 1. The van der Waals surface area contributed by atoms with Gasteiger partial charge in [-0.1, -0.05) is 13.3 Å². The van der Waals surface area contributed by atoms with E-state index in [-0.39, 0.29) is 5.91 Å². The van der Waals surface area contributed by atoms with Gasteiger partial charge in [0.25, 0.3) is 0 Å². The summed E-state index contributed by atoms with van der Waals surface area (Å²) < 4.78 is 0. The van der Waals surface area contributed by atoms with Crippen molar-refractivity contribution < 1.29 is 4.79 Å². The van der Waals surface area contributed by atoms with Crippen LogP contribution in [0.4, 0.5) is 11.6 Å². The molecule has 0 bridgehead atoms. The maximum atomic E-state index is 11.5. The molecule has 0 saturated heterocycles. The molecule has 20 heavy (non-hydrogen) atoms. The summed E-state index contributed by atoms with van der Waals surface area (Å²) >= 11 is 0. The number of rotatable bonds is 8. The van der Waals surface area contributed by atoms with E-state index >= 15 is 0 Å². The molecule has 110 valence electrons. The van der Waals surface area contributed by atoms with Crippen LogP contribution in [0.1, 0.15) is 44.6 Å². The van der Waals surface area contributed by atoms with Crippen LogP contribution in [0.2, 0.25) is 0 Å². The highest BCUT2D eigenvalue weighted by atomic mass is 16.1. The second-order valence-corrected chi connectivity index (χ2v) is 5.21. The molecule has 1 aliphatic carbocycles. The SMILES string of the molecule is CCCc1c(N)ncnc1NCCCC(=O)NC1CC1. The Balaban J connectivity index is 1.75. The summed E-state index contributed by atoms with van der Waals surface area (Å²) in [5, 5.41) is 6.23. The van der Waals surface area contributed by atoms with Crippen molar-refractivity contribution in [1.29, 1.82) is 0 Å². The molecule has 1 aliphatic rings. The average Bonchev–Trinajstić information content (AvgIpc) is 3.22. The van der Waals surface area contributed by atoms with E-state index in [0.717, 1.165) is 43.5 Å². The van der Waals surface area contributed by atoms with E-state index < -0.39 is 0 Å². The van der Waals surface area contributed by atoms with Gasteiger partial charge in [-0.25, -0.2) is 9.97 Å². The van der Waals surface area contributed by atoms with Crippen molar-refractivity contribution in [3.8, 4) is 0 Å². The summed E-state index contributed by atoms with van der Waals surface area (Å²) in [5.74, 6) is 1.48. The van der Waals surface area contributed by atoms with E-state index in [0.29, 0.717) is 24.8 Å². The summed E-state index contributed by atoms with van der Waals surface area (Å²) in [4.78, 5) is 19.8. The van der Waals surface area contributed by atoms with Gasteiger partial charge < -0.3 is 16.4 Å². The summed E-state index contributed by atoms with van der Waals surface area (Å²) in [7, 11) is 0. The summed E-state index contributed by atoms with van der Waals surface area (Å²) in [5.41, 5.74) is 6.84. The molecule has 6 nitrogen and oxygen atoms in total. The predicted molar refractivity (Wildman–Crippen MR) is 79.3 cm³/mol. The molecule has 0 radical (unpaired) electrons. The lowest BCUT2D eigenvalue weighted by Crippen LogP contribution is -2.25. The van der Waals surface area contributed by atoms with Crippen molar-refractivity contribution in [2.75, 3.05) is 17.6 Å². The van der Waals surface area contributed by atoms with E-state index in [4.69, 9.17) is 5.73 Å². The minimum atomic E-state index is 0.144. The number of nitrogens with one attached hydrogen (secondary N) is 2. The van der Waals surface area contributed by atoms with Crippen LogP contribution in [0.25, 0.3) is 0 Å². The molecule has 0 spiro atoms. The minimum absolute atomic E-state index is 0.144. The molecule has 1 fully saturated rings. The first kappa shape index (κ1) is 14.6. The normalized spacial score (nSPS) is 14.1. The molecule has 2 rings (SSSR count). The van der Waals surface area contributed by atoms with Gasteiger partial charge in [0.1, 0.15) is 18.0 Å². The number of hydrogen-bond donors (Lipinski definition) is 3. The second-order valence-electron chi connectivity index (χ2n) is 5.21. The fourth-order valence-electron chi connectivity index (χ4n) is 2.06. The van der Waals surface area contributed by atoms with Crippen LogP contribution in [-0.2, 0) is 11.2 Å². The molecule has 1 saturated carbocycles. The van der Waals surface area contributed by atoms with E-state index in [2.05, 4.69) is 27.5 Å². The van der Waals surface area contributed by atoms with Gasteiger partial charge >= 0.3 is 0 Å². The second kappa shape index (κ2) is 7.07. The zero-order valence-corrected chi connectivity index (χ0v) is 12.0. The zero-order chi connectivity index (χ0) is 14.4. The molecule has 1 amide bonds. The van der Waals surface area contributed by atoms with Crippen molar-refractivity contribution in [3.63, 3.8) is 0 Å². The van der Waals surface area contributed by atoms with Crippen LogP contribution >= 0.6 is 0 Å². The largest absolute Gasteiger partial charge is 0.383 e. The van der Waals surface area contributed by atoms with E-state index in [1.165, 1.54) is 6.33 Å². The molecule has 4 N–H and O–H groups in total. The van der Waals surface area contributed by atoms with Gasteiger partial charge in [0.2, 0.25) is 5.91 Å². The highest BCUT2D eigenvalue weighted by Gasteiger charge is 2.22. The summed E-state index contributed by atoms with van der Waals surface area (Å²) in [6.45, 7) is 2.81. The summed E-state index contributed by atoms with van der Waals surface area (Å²) in [6, 6.07) is 0.438. The monoisotopic (exact) mass is 277 g/mol. The number of nitrogens with two attached hydrogens (primary N) is 1. The predicted octanol–water partition coefficient (Wildman–Crippen LogP) is 1.48. The first-order valence-electron chi connectivity index (χ1n) is 7.33. The molecule has 1 heterocycles. The number of carbonyl (C=O) groups excluding carboxylic acids is 1. The highest BCUT2D eigenvalue weighted by Crippen LogP contribution is 2.20. The van der Waals surface area contributed by atoms with Crippen LogP contribution in [-0.4, -0.2) is 28.5 Å². The van der Waals surface area contributed by atoms with Crippen molar-refractivity contribution in [3.05, 3.63) is 11.9 Å². The quantitative estimate of drug-likeness (QED) is 0.626. The van der Waals surface area contributed by atoms with Crippen LogP contribution < -0.4 is 16.4 Å². The van der Waals surface area contributed by atoms with E-state index in [9.17, 15) is 4.79 Å². The molecule has 0 aliphatic heterocycles. The smallest absolute Gasteiger partial charge is 0.220 e. The lowest BCUT2D eigenvalue weighted by molar-refractivity contribution is -0.121. The topological polar surface area (TPSA) is 92.9 Å². The summed E-state index contributed by atoms with van der Waals surface area (Å²) in [6.07, 6.45) is 6.92. The maximum absolute atomic E-state index is 11.5. The molecular weight excluding hydrogens is 254 g/mol. The van der Waals surface area contributed by atoms with Crippen molar-refractivity contribution in [2.24, 2.45) is 0 Å². The van der Waals surface area contributed by atoms with Crippen LogP contribution in [0.3, 0.4) is 0 Å². The van der Waals surface area contributed by atoms with Gasteiger partial charge in [0.15, 0.2) is 0 Å². The van der Waals surface area contributed by atoms with Gasteiger partial charge in [-0.15, -0.1) is 0 Å². The van der Waals surface area contributed by atoms with Gasteiger partial charge in [-0.3, -0.25) is 4.79 Å². The van der Waals surface area contributed by atoms with Gasteiger partial charge in [-0.05, 0) is 25.7 Å². The Morgan fingerprint density at radius 2 is 2.25 bits per heavy atom. The number of anilines is 2. The Hall–Kier alpha value is -1.85. The van der Waals surface area contributed by atoms with Crippen LogP contribution in [0.5, 0.6) is 0 Å². The molecule has 0 unspecified atom stereocenters. The highest BCUT2D eigenvalue weighted by molar-refractivity contribution is 5.76. The Bertz CT molecular complexity index is 459. The molecular formula is C14H23N5O. The molecule has 1 aromatic rings. The van der Waals surface area contributed by atoms with E-state index in [1.807, 2.05) is 0 Å². The third-order valence-electron chi connectivity index (χ3n) is 3.29. The Kier molecular flexibility index (Phi) is 5.15. The number of nitrogens with zero attached hydrogens (tertiary/aromatic N) is 2. The van der Waals surface area contributed by atoms with Gasteiger partial charge in [0, 0.05) is 24.6 Å². The first-order chi connectivity index (χ1) is 9.70. The number of amides is 1. The first-order valence-corrected chi connectivity index (χ1v) is 7.33. The molecule has 1 aromatic heterocycles.